The van der Waals surface area contributed by atoms with Crippen LogP contribution in [0.4, 0.5) is 5.69 Å². The van der Waals surface area contributed by atoms with Crippen LogP contribution in [0, 0.1) is 0 Å². The average Bonchev–Trinajstić information content (AvgIpc) is 2.87. The van der Waals surface area contributed by atoms with Crippen molar-refractivity contribution in [1.29, 1.82) is 0 Å². The third-order valence-corrected chi connectivity index (χ3v) is 4.59. The van der Waals surface area contributed by atoms with Gasteiger partial charge < -0.3 is 10.6 Å². The lowest BCUT2D eigenvalue weighted by Crippen LogP contribution is -2.56. The first-order valence-electron chi connectivity index (χ1n) is 7.02. The van der Waals surface area contributed by atoms with Gasteiger partial charge in [0, 0.05) is 25.2 Å². The number of amides is 1. The molecule has 1 aromatic heterocycles. The number of anilines is 1. The summed E-state index contributed by atoms with van der Waals surface area (Å²) in [5, 5.41) is 0.227. The molecule has 2 unspecified atom stereocenters. The van der Waals surface area contributed by atoms with E-state index in [1.807, 2.05) is 4.90 Å². The number of pyridine rings is 1. The molecule has 20 heavy (non-hydrogen) atoms. The number of halogens is 1. The normalized spacial score (nSPS) is 26.6. The smallest absolute Gasteiger partial charge is 0.257 e. The molecule has 108 valence electrons. The van der Waals surface area contributed by atoms with Gasteiger partial charge in [-0.05, 0) is 32.4 Å². The predicted molar refractivity (Wildman–Crippen MR) is 78.8 cm³/mol. The lowest BCUT2D eigenvalue weighted by atomic mass is 10.1. The SMILES string of the molecule is CC1CN2CCCC2CN1C(=O)c1cc(N)cnc1Cl. The van der Waals surface area contributed by atoms with Gasteiger partial charge in [0.1, 0.15) is 5.15 Å². The van der Waals surface area contributed by atoms with Crippen molar-refractivity contribution in [3.05, 3.63) is 23.0 Å². The summed E-state index contributed by atoms with van der Waals surface area (Å²) in [7, 11) is 0. The van der Waals surface area contributed by atoms with E-state index in [-0.39, 0.29) is 17.1 Å². The van der Waals surface area contributed by atoms with E-state index in [1.54, 1.807) is 6.07 Å². The number of hydrogen-bond acceptors (Lipinski definition) is 4. The topological polar surface area (TPSA) is 62.5 Å². The molecule has 3 rings (SSSR count). The number of aromatic nitrogens is 1. The van der Waals surface area contributed by atoms with Crippen LogP contribution in [0.15, 0.2) is 12.3 Å². The van der Waals surface area contributed by atoms with Crippen LogP contribution in [0.3, 0.4) is 0 Å². The second-order valence-corrected chi connectivity index (χ2v) is 6.06. The third kappa shape index (κ3) is 2.36. The molecule has 2 atom stereocenters. The zero-order valence-electron chi connectivity index (χ0n) is 11.6. The minimum Gasteiger partial charge on any atom is -0.397 e. The van der Waals surface area contributed by atoms with Crippen LogP contribution >= 0.6 is 11.6 Å². The predicted octanol–water partition coefficient (Wildman–Crippen LogP) is 1.63. The zero-order valence-corrected chi connectivity index (χ0v) is 12.3. The molecular weight excluding hydrogens is 276 g/mol. The molecule has 2 aliphatic heterocycles. The molecule has 6 heteroatoms. The molecule has 5 nitrogen and oxygen atoms in total. The first-order chi connectivity index (χ1) is 9.56. The second kappa shape index (κ2) is 5.22. The van der Waals surface area contributed by atoms with Crippen LogP contribution in [-0.4, -0.2) is 52.4 Å². The third-order valence-electron chi connectivity index (χ3n) is 4.29. The average molecular weight is 295 g/mol. The molecule has 2 aliphatic rings. The number of piperazine rings is 1. The molecule has 0 aromatic carbocycles. The Kier molecular flexibility index (Phi) is 3.56. The number of nitrogens with two attached hydrogens (primary N) is 1. The summed E-state index contributed by atoms with van der Waals surface area (Å²) in [6, 6.07) is 2.29. The fourth-order valence-corrected chi connectivity index (χ4v) is 3.42. The maximum atomic E-state index is 12.7. The molecule has 2 saturated heterocycles. The maximum absolute atomic E-state index is 12.7. The summed E-state index contributed by atoms with van der Waals surface area (Å²) in [6.45, 7) is 4.94. The highest BCUT2D eigenvalue weighted by Crippen LogP contribution is 2.27. The van der Waals surface area contributed by atoms with Gasteiger partial charge in [-0.15, -0.1) is 0 Å². The summed E-state index contributed by atoms with van der Waals surface area (Å²) in [6.07, 6.45) is 3.86. The number of hydrogen-bond donors (Lipinski definition) is 1. The molecule has 3 heterocycles. The van der Waals surface area contributed by atoms with Crippen molar-refractivity contribution in [1.82, 2.24) is 14.8 Å². The minimum atomic E-state index is -0.0612. The van der Waals surface area contributed by atoms with E-state index >= 15 is 0 Å². The lowest BCUT2D eigenvalue weighted by molar-refractivity contribution is 0.0395. The van der Waals surface area contributed by atoms with E-state index in [1.165, 1.54) is 19.0 Å². The van der Waals surface area contributed by atoms with Crippen molar-refractivity contribution in [3.8, 4) is 0 Å². The Morgan fingerprint density at radius 2 is 2.30 bits per heavy atom. The first-order valence-corrected chi connectivity index (χ1v) is 7.40. The van der Waals surface area contributed by atoms with Gasteiger partial charge in [0.25, 0.3) is 5.91 Å². The largest absolute Gasteiger partial charge is 0.397 e. The van der Waals surface area contributed by atoms with Gasteiger partial charge in [0.15, 0.2) is 0 Å². The molecule has 1 amide bonds. The number of carbonyl (C=O) groups is 1. The zero-order chi connectivity index (χ0) is 14.3. The fraction of sp³-hybridized carbons (Fsp3) is 0.571. The quantitative estimate of drug-likeness (QED) is 0.800. The van der Waals surface area contributed by atoms with Crippen molar-refractivity contribution in [2.45, 2.75) is 31.8 Å². The summed E-state index contributed by atoms with van der Waals surface area (Å²) in [5.74, 6) is -0.0612. The van der Waals surface area contributed by atoms with Gasteiger partial charge >= 0.3 is 0 Å². The van der Waals surface area contributed by atoms with Gasteiger partial charge in [-0.1, -0.05) is 11.6 Å². The van der Waals surface area contributed by atoms with Crippen LogP contribution in [0.25, 0.3) is 0 Å². The van der Waals surface area contributed by atoms with E-state index in [0.29, 0.717) is 17.3 Å². The summed E-state index contributed by atoms with van der Waals surface area (Å²) >= 11 is 6.04. The van der Waals surface area contributed by atoms with Crippen molar-refractivity contribution in [3.63, 3.8) is 0 Å². The van der Waals surface area contributed by atoms with Crippen LogP contribution < -0.4 is 5.73 Å². The highest BCUT2D eigenvalue weighted by Gasteiger charge is 2.37. The molecule has 0 saturated carbocycles. The first kappa shape index (κ1) is 13.6. The van der Waals surface area contributed by atoms with Crippen molar-refractivity contribution in [2.24, 2.45) is 0 Å². The van der Waals surface area contributed by atoms with Gasteiger partial charge in [-0.2, -0.15) is 0 Å². The minimum absolute atomic E-state index is 0.0612. The highest BCUT2D eigenvalue weighted by atomic mass is 35.5. The standard InChI is InChI=1S/C14H19ClN4O/c1-9-7-18-4-2-3-11(18)8-19(9)14(20)12-5-10(16)6-17-13(12)15/h5-6,9,11H,2-4,7-8,16H2,1H3. The van der Waals surface area contributed by atoms with E-state index in [4.69, 9.17) is 17.3 Å². The number of nitrogen functional groups attached to an aromatic ring is 1. The second-order valence-electron chi connectivity index (χ2n) is 5.70. The van der Waals surface area contributed by atoms with Crippen molar-refractivity contribution >= 4 is 23.2 Å². The summed E-state index contributed by atoms with van der Waals surface area (Å²) < 4.78 is 0. The molecule has 0 bridgehead atoms. The lowest BCUT2D eigenvalue weighted by Gasteiger charge is -2.42. The number of nitrogens with zero attached hydrogens (tertiary/aromatic N) is 3. The maximum Gasteiger partial charge on any atom is 0.257 e. The Morgan fingerprint density at radius 3 is 3.10 bits per heavy atom. The van der Waals surface area contributed by atoms with E-state index in [9.17, 15) is 4.79 Å². The summed E-state index contributed by atoms with van der Waals surface area (Å²) in [5.41, 5.74) is 6.59. The van der Waals surface area contributed by atoms with Gasteiger partial charge in [-0.25, -0.2) is 4.98 Å². The van der Waals surface area contributed by atoms with Crippen LogP contribution in [0.2, 0.25) is 5.15 Å². The molecule has 0 radical (unpaired) electrons. The number of rotatable bonds is 1. The van der Waals surface area contributed by atoms with E-state index in [2.05, 4.69) is 16.8 Å². The Labute approximate surface area is 123 Å². The molecule has 2 N–H and O–H groups in total. The monoisotopic (exact) mass is 294 g/mol. The van der Waals surface area contributed by atoms with Crippen LogP contribution in [-0.2, 0) is 0 Å². The number of fused-ring (bicyclic) bond motifs is 1. The van der Waals surface area contributed by atoms with Crippen LogP contribution in [0.1, 0.15) is 30.1 Å². The Morgan fingerprint density at radius 1 is 1.50 bits per heavy atom. The van der Waals surface area contributed by atoms with Crippen LogP contribution in [0.5, 0.6) is 0 Å². The molecule has 2 fully saturated rings. The molecule has 0 aliphatic carbocycles. The molecular formula is C14H19ClN4O. The van der Waals surface area contributed by atoms with Crippen molar-refractivity contribution < 1.29 is 4.79 Å². The Balaban J connectivity index is 1.84. The number of carbonyl (C=O) groups excluding carboxylic acids is 1. The van der Waals surface area contributed by atoms with Crippen molar-refractivity contribution in [2.75, 3.05) is 25.4 Å². The van der Waals surface area contributed by atoms with E-state index < -0.39 is 0 Å². The fourth-order valence-electron chi connectivity index (χ4n) is 3.24. The summed E-state index contributed by atoms with van der Waals surface area (Å²) in [4.78, 5) is 21.1. The Bertz CT molecular complexity index is 536. The van der Waals surface area contributed by atoms with Gasteiger partial charge in [-0.3, -0.25) is 9.69 Å². The highest BCUT2D eigenvalue weighted by molar-refractivity contribution is 6.32. The van der Waals surface area contributed by atoms with Gasteiger partial charge in [0.2, 0.25) is 0 Å². The van der Waals surface area contributed by atoms with E-state index in [0.717, 1.165) is 19.6 Å². The van der Waals surface area contributed by atoms with Gasteiger partial charge in [0.05, 0.1) is 17.4 Å². The molecule has 0 spiro atoms. The molecule has 1 aromatic rings. The Hall–Kier alpha value is -1.33.